The summed E-state index contributed by atoms with van der Waals surface area (Å²) < 4.78 is 72.5. The Morgan fingerprint density at radius 1 is 1.00 bits per heavy atom. The van der Waals surface area contributed by atoms with E-state index in [2.05, 4.69) is 20.1 Å². The van der Waals surface area contributed by atoms with Crippen molar-refractivity contribution in [2.75, 3.05) is 19.0 Å². The standard InChI is InChI=1S/C22H26F3N3O6S/c1-15-6-12-18(13-7-15)35(31,32)28-19(20(29)33-2)5-3-4-14-26-21(30)27-16-8-10-17(11-9-16)34-22(23,24)25/h6-13,19,28H,3-5,14H2,1-2H3,(H2,26,27,30). The first kappa shape index (κ1) is 27.9. The Kier molecular flexibility index (Phi) is 9.89. The van der Waals surface area contributed by atoms with Gasteiger partial charge >= 0.3 is 18.4 Å². The average molecular weight is 518 g/mol. The maximum atomic E-state index is 12.6. The van der Waals surface area contributed by atoms with Crippen molar-refractivity contribution in [1.82, 2.24) is 10.0 Å². The molecule has 0 fully saturated rings. The van der Waals surface area contributed by atoms with E-state index in [0.717, 1.165) is 24.8 Å². The van der Waals surface area contributed by atoms with Crippen LogP contribution in [0.15, 0.2) is 53.4 Å². The van der Waals surface area contributed by atoms with Gasteiger partial charge in [0.15, 0.2) is 0 Å². The molecule has 0 spiro atoms. The fraction of sp³-hybridized carbons (Fsp3) is 0.364. The summed E-state index contributed by atoms with van der Waals surface area (Å²) in [6, 6.07) is 9.10. The third kappa shape index (κ3) is 9.83. The molecule has 35 heavy (non-hydrogen) atoms. The zero-order valence-electron chi connectivity index (χ0n) is 19.0. The van der Waals surface area contributed by atoms with Gasteiger partial charge in [0.25, 0.3) is 0 Å². The SMILES string of the molecule is COC(=O)C(CCCCNC(=O)Nc1ccc(OC(F)(F)F)cc1)NS(=O)(=O)c1ccc(C)cc1. The highest BCUT2D eigenvalue weighted by Gasteiger charge is 2.31. The summed E-state index contributed by atoms with van der Waals surface area (Å²) in [4.78, 5) is 24.0. The minimum atomic E-state index is -4.81. The Morgan fingerprint density at radius 2 is 1.63 bits per heavy atom. The van der Waals surface area contributed by atoms with E-state index in [9.17, 15) is 31.2 Å². The number of amides is 2. The van der Waals surface area contributed by atoms with Gasteiger partial charge in [0.05, 0.1) is 12.0 Å². The van der Waals surface area contributed by atoms with E-state index in [1.165, 1.54) is 24.3 Å². The van der Waals surface area contributed by atoms with Crippen LogP contribution in [-0.4, -0.2) is 46.5 Å². The molecule has 0 aliphatic heterocycles. The summed E-state index contributed by atoms with van der Waals surface area (Å²) in [6.45, 7) is 2.03. The monoisotopic (exact) mass is 517 g/mol. The number of urea groups is 1. The number of unbranched alkanes of at least 4 members (excludes halogenated alkanes) is 1. The quantitative estimate of drug-likeness (QED) is 0.309. The van der Waals surface area contributed by atoms with Crippen LogP contribution in [0.1, 0.15) is 24.8 Å². The number of methoxy groups -OCH3 is 1. The molecule has 0 heterocycles. The molecule has 0 aromatic heterocycles. The molecule has 9 nitrogen and oxygen atoms in total. The first-order valence-corrected chi connectivity index (χ1v) is 12.0. The number of hydrogen-bond acceptors (Lipinski definition) is 6. The van der Waals surface area contributed by atoms with Crippen molar-refractivity contribution in [2.45, 2.75) is 43.5 Å². The number of carbonyl (C=O) groups is 2. The highest BCUT2D eigenvalue weighted by atomic mass is 32.2. The molecule has 0 saturated heterocycles. The predicted octanol–water partition coefficient (Wildman–Crippen LogP) is 3.71. The van der Waals surface area contributed by atoms with Crippen LogP contribution in [-0.2, 0) is 19.6 Å². The number of nitrogens with one attached hydrogen (secondary N) is 3. The molecule has 2 aromatic carbocycles. The molecule has 3 N–H and O–H groups in total. The van der Waals surface area contributed by atoms with E-state index >= 15 is 0 Å². The minimum Gasteiger partial charge on any atom is -0.468 e. The van der Waals surface area contributed by atoms with E-state index in [1.54, 1.807) is 12.1 Å². The molecule has 1 unspecified atom stereocenters. The molecule has 0 radical (unpaired) electrons. The second-order valence-electron chi connectivity index (χ2n) is 7.46. The summed E-state index contributed by atoms with van der Waals surface area (Å²) in [5.41, 5.74) is 1.14. The van der Waals surface area contributed by atoms with Crippen LogP contribution in [0.4, 0.5) is 23.7 Å². The third-order valence-corrected chi connectivity index (χ3v) is 6.15. The Bertz CT molecular complexity index is 1090. The molecule has 0 saturated carbocycles. The molecule has 0 bridgehead atoms. The average Bonchev–Trinajstić information content (AvgIpc) is 2.78. The van der Waals surface area contributed by atoms with Crippen LogP contribution in [0.2, 0.25) is 0 Å². The molecule has 0 aliphatic carbocycles. The number of anilines is 1. The molecule has 0 aliphatic rings. The summed E-state index contributed by atoms with van der Waals surface area (Å²) in [7, 11) is -2.78. The Labute approximate surface area is 201 Å². The van der Waals surface area contributed by atoms with Crippen molar-refractivity contribution in [1.29, 1.82) is 0 Å². The van der Waals surface area contributed by atoms with Crippen LogP contribution in [0.3, 0.4) is 0 Å². The van der Waals surface area contributed by atoms with Crippen molar-refractivity contribution in [3.63, 3.8) is 0 Å². The number of rotatable bonds is 11. The number of halogens is 3. The number of hydrogen-bond donors (Lipinski definition) is 3. The maximum Gasteiger partial charge on any atom is 0.573 e. The Balaban J connectivity index is 1.78. The molecule has 2 rings (SSSR count). The highest BCUT2D eigenvalue weighted by molar-refractivity contribution is 7.89. The lowest BCUT2D eigenvalue weighted by atomic mass is 10.1. The minimum absolute atomic E-state index is 0.0216. The third-order valence-electron chi connectivity index (χ3n) is 4.67. The zero-order valence-corrected chi connectivity index (χ0v) is 19.8. The van der Waals surface area contributed by atoms with Crippen molar-refractivity contribution in [3.05, 3.63) is 54.1 Å². The first-order chi connectivity index (χ1) is 16.4. The van der Waals surface area contributed by atoms with Gasteiger partial charge in [0.1, 0.15) is 11.8 Å². The number of aryl methyl sites for hydroxylation is 1. The van der Waals surface area contributed by atoms with E-state index in [4.69, 9.17) is 4.74 Å². The number of ether oxygens (including phenoxy) is 2. The fourth-order valence-corrected chi connectivity index (χ4v) is 4.15. The van der Waals surface area contributed by atoms with Gasteiger partial charge in [-0.25, -0.2) is 13.2 Å². The van der Waals surface area contributed by atoms with Gasteiger partial charge in [-0.1, -0.05) is 17.7 Å². The molecule has 2 aromatic rings. The van der Waals surface area contributed by atoms with Crippen LogP contribution in [0.5, 0.6) is 5.75 Å². The number of esters is 1. The van der Waals surface area contributed by atoms with Crippen LogP contribution in [0, 0.1) is 6.92 Å². The lowest BCUT2D eigenvalue weighted by Crippen LogP contribution is -2.41. The molecule has 13 heteroatoms. The summed E-state index contributed by atoms with van der Waals surface area (Å²) in [6.07, 6.45) is -3.85. The van der Waals surface area contributed by atoms with Crippen molar-refractivity contribution >= 4 is 27.7 Å². The lowest BCUT2D eigenvalue weighted by molar-refractivity contribution is -0.274. The van der Waals surface area contributed by atoms with E-state index in [-0.39, 0.29) is 23.5 Å². The number of benzene rings is 2. The lowest BCUT2D eigenvalue weighted by Gasteiger charge is -2.17. The Hall–Kier alpha value is -3.32. The predicted molar refractivity (Wildman–Crippen MR) is 121 cm³/mol. The smallest absolute Gasteiger partial charge is 0.468 e. The van der Waals surface area contributed by atoms with Gasteiger partial charge in [0, 0.05) is 12.2 Å². The molecular formula is C22H26F3N3O6S. The Morgan fingerprint density at radius 3 is 2.20 bits per heavy atom. The largest absolute Gasteiger partial charge is 0.573 e. The summed E-state index contributed by atoms with van der Waals surface area (Å²) in [5.74, 6) is -1.15. The van der Waals surface area contributed by atoms with Crippen LogP contribution >= 0.6 is 0 Å². The van der Waals surface area contributed by atoms with E-state index < -0.39 is 40.2 Å². The second-order valence-corrected chi connectivity index (χ2v) is 9.17. The van der Waals surface area contributed by atoms with Gasteiger partial charge in [-0.05, 0) is 62.6 Å². The molecular weight excluding hydrogens is 491 g/mol. The summed E-state index contributed by atoms with van der Waals surface area (Å²) in [5, 5.41) is 5.02. The van der Waals surface area contributed by atoms with Crippen LogP contribution in [0.25, 0.3) is 0 Å². The first-order valence-electron chi connectivity index (χ1n) is 10.5. The van der Waals surface area contributed by atoms with Crippen molar-refractivity contribution in [2.24, 2.45) is 0 Å². The number of alkyl halides is 3. The number of sulfonamides is 1. The topological polar surface area (TPSA) is 123 Å². The van der Waals surface area contributed by atoms with Gasteiger partial charge in [0.2, 0.25) is 10.0 Å². The highest BCUT2D eigenvalue weighted by Crippen LogP contribution is 2.23. The van der Waals surface area contributed by atoms with Gasteiger partial charge in [-0.2, -0.15) is 4.72 Å². The van der Waals surface area contributed by atoms with Gasteiger partial charge < -0.3 is 20.1 Å². The van der Waals surface area contributed by atoms with Gasteiger partial charge in [-0.3, -0.25) is 4.79 Å². The van der Waals surface area contributed by atoms with E-state index in [1.807, 2.05) is 6.92 Å². The van der Waals surface area contributed by atoms with Crippen LogP contribution < -0.4 is 20.1 Å². The van der Waals surface area contributed by atoms with Crippen molar-refractivity contribution < 1.29 is 40.7 Å². The normalized spacial score (nSPS) is 12.5. The van der Waals surface area contributed by atoms with Gasteiger partial charge in [-0.15, -0.1) is 13.2 Å². The molecule has 1 atom stereocenters. The second kappa shape index (κ2) is 12.4. The summed E-state index contributed by atoms with van der Waals surface area (Å²) >= 11 is 0. The van der Waals surface area contributed by atoms with Crippen molar-refractivity contribution in [3.8, 4) is 5.75 Å². The maximum absolute atomic E-state index is 12.6. The molecule has 192 valence electrons. The van der Waals surface area contributed by atoms with E-state index in [0.29, 0.717) is 12.8 Å². The number of carbonyl (C=O) groups excluding carboxylic acids is 2. The fourth-order valence-electron chi connectivity index (χ4n) is 2.93. The zero-order chi connectivity index (χ0) is 26.1. The molecule has 2 amide bonds.